The van der Waals surface area contributed by atoms with E-state index in [1.165, 1.54) is 0 Å². The second-order valence-electron chi connectivity index (χ2n) is 6.88. The molecule has 0 unspecified atom stereocenters. The SMILES string of the molecule is Cc1ccccc1Oc1ccc(C(=O)C(C)(C)N2CCOCC2)cc1. The molecule has 1 aliphatic heterocycles. The van der Waals surface area contributed by atoms with Crippen LogP contribution in [0.2, 0.25) is 0 Å². The van der Waals surface area contributed by atoms with Gasteiger partial charge in [0.05, 0.1) is 18.8 Å². The standard InChI is InChI=1S/C21H25NO3/c1-16-6-4-5-7-19(16)25-18-10-8-17(9-11-18)20(23)21(2,3)22-12-14-24-15-13-22/h4-11H,12-15H2,1-3H3. The van der Waals surface area contributed by atoms with Crippen molar-refractivity contribution >= 4 is 5.78 Å². The molecule has 25 heavy (non-hydrogen) atoms. The summed E-state index contributed by atoms with van der Waals surface area (Å²) in [6.45, 7) is 8.91. The maximum atomic E-state index is 13.0. The van der Waals surface area contributed by atoms with Crippen molar-refractivity contribution in [1.29, 1.82) is 0 Å². The zero-order valence-electron chi connectivity index (χ0n) is 15.1. The van der Waals surface area contributed by atoms with Gasteiger partial charge in [0.25, 0.3) is 0 Å². The van der Waals surface area contributed by atoms with Gasteiger partial charge in [-0.1, -0.05) is 18.2 Å². The molecule has 1 aliphatic rings. The summed E-state index contributed by atoms with van der Waals surface area (Å²) in [6.07, 6.45) is 0. The number of morpholine rings is 1. The van der Waals surface area contributed by atoms with Crippen LogP contribution in [0.4, 0.5) is 0 Å². The Hall–Kier alpha value is -2.17. The van der Waals surface area contributed by atoms with E-state index in [0.717, 1.165) is 30.2 Å². The van der Waals surface area contributed by atoms with Crippen LogP contribution in [-0.2, 0) is 4.74 Å². The molecule has 4 heteroatoms. The summed E-state index contributed by atoms with van der Waals surface area (Å²) < 4.78 is 11.3. The number of ether oxygens (including phenoxy) is 2. The number of nitrogens with zero attached hydrogens (tertiary/aromatic N) is 1. The first kappa shape index (κ1) is 17.6. The number of para-hydroxylation sites is 1. The van der Waals surface area contributed by atoms with Crippen LogP contribution in [0.25, 0.3) is 0 Å². The van der Waals surface area contributed by atoms with Crippen molar-refractivity contribution in [2.24, 2.45) is 0 Å². The Morgan fingerprint density at radius 3 is 2.32 bits per heavy atom. The molecule has 4 nitrogen and oxygen atoms in total. The molecule has 1 saturated heterocycles. The summed E-state index contributed by atoms with van der Waals surface area (Å²) in [5.74, 6) is 1.68. The second kappa shape index (κ2) is 7.38. The highest BCUT2D eigenvalue weighted by molar-refractivity contribution is 6.02. The minimum absolute atomic E-state index is 0.122. The molecule has 132 valence electrons. The molecule has 0 aromatic heterocycles. The van der Waals surface area contributed by atoms with E-state index < -0.39 is 5.54 Å². The zero-order valence-corrected chi connectivity index (χ0v) is 15.1. The number of rotatable bonds is 5. The van der Waals surface area contributed by atoms with Crippen molar-refractivity contribution < 1.29 is 14.3 Å². The van der Waals surface area contributed by atoms with Gasteiger partial charge in [0.2, 0.25) is 0 Å². The quantitative estimate of drug-likeness (QED) is 0.770. The molecule has 0 bridgehead atoms. The third-order valence-corrected chi connectivity index (χ3v) is 4.80. The molecule has 2 aromatic carbocycles. The summed E-state index contributed by atoms with van der Waals surface area (Å²) in [6, 6.07) is 15.3. The van der Waals surface area contributed by atoms with E-state index >= 15 is 0 Å². The van der Waals surface area contributed by atoms with Crippen LogP contribution in [0, 0.1) is 6.92 Å². The van der Waals surface area contributed by atoms with Crippen molar-refractivity contribution in [3.8, 4) is 11.5 Å². The molecule has 0 amide bonds. The van der Waals surface area contributed by atoms with Gasteiger partial charge in [-0.25, -0.2) is 0 Å². The first-order valence-corrected chi connectivity index (χ1v) is 8.69. The molecule has 0 radical (unpaired) electrons. The molecule has 0 saturated carbocycles. The highest BCUT2D eigenvalue weighted by atomic mass is 16.5. The summed E-state index contributed by atoms with van der Waals surface area (Å²) in [5.41, 5.74) is 1.24. The number of carbonyl (C=O) groups is 1. The van der Waals surface area contributed by atoms with E-state index in [2.05, 4.69) is 4.90 Å². The summed E-state index contributed by atoms with van der Waals surface area (Å²) >= 11 is 0. The van der Waals surface area contributed by atoms with E-state index in [4.69, 9.17) is 9.47 Å². The first-order valence-electron chi connectivity index (χ1n) is 8.69. The first-order chi connectivity index (χ1) is 12.0. The third-order valence-electron chi connectivity index (χ3n) is 4.80. The molecule has 1 fully saturated rings. The molecule has 3 rings (SSSR count). The van der Waals surface area contributed by atoms with Crippen LogP contribution >= 0.6 is 0 Å². The molecule has 0 spiro atoms. The van der Waals surface area contributed by atoms with E-state index in [9.17, 15) is 4.79 Å². The average molecular weight is 339 g/mol. The van der Waals surface area contributed by atoms with Gasteiger partial charge in [-0.2, -0.15) is 0 Å². The van der Waals surface area contributed by atoms with Crippen LogP contribution in [0.3, 0.4) is 0 Å². The van der Waals surface area contributed by atoms with Crippen LogP contribution < -0.4 is 4.74 Å². The van der Waals surface area contributed by atoms with E-state index in [0.29, 0.717) is 18.8 Å². The van der Waals surface area contributed by atoms with E-state index in [1.54, 1.807) is 0 Å². The van der Waals surface area contributed by atoms with Crippen LogP contribution in [0.1, 0.15) is 29.8 Å². The van der Waals surface area contributed by atoms with Crippen molar-refractivity contribution in [2.45, 2.75) is 26.3 Å². The van der Waals surface area contributed by atoms with Crippen molar-refractivity contribution in [3.63, 3.8) is 0 Å². The van der Waals surface area contributed by atoms with Crippen LogP contribution in [-0.4, -0.2) is 42.5 Å². The molecule has 0 N–H and O–H groups in total. The summed E-state index contributed by atoms with van der Waals surface area (Å²) in [7, 11) is 0. The van der Waals surface area contributed by atoms with E-state index in [-0.39, 0.29) is 5.78 Å². The summed E-state index contributed by atoms with van der Waals surface area (Å²) in [4.78, 5) is 15.2. The maximum absolute atomic E-state index is 13.0. The van der Waals surface area contributed by atoms with Gasteiger partial charge in [-0.05, 0) is 56.7 Å². The van der Waals surface area contributed by atoms with Crippen molar-refractivity contribution in [1.82, 2.24) is 4.90 Å². The lowest BCUT2D eigenvalue weighted by Gasteiger charge is -2.39. The fourth-order valence-electron chi connectivity index (χ4n) is 3.09. The number of aryl methyl sites for hydroxylation is 1. The summed E-state index contributed by atoms with van der Waals surface area (Å²) in [5, 5.41) is 0. The van der Waals surface area contributed by atoms with Crippen molar-refractivity contribution in [2.75, 3.05) is 26.3 Å². The molecule has 0 atom stereocenters. The van der Waals surface area contributed by atoms with Gasteiger partial charge < -0.3 is 9.47 Å². The number of benzene rings is 2. The van der Waals surface area contributed by atoms with Crippen LogP contribution in [0.15, 0.2) is 48.5 Å². The Morgan fingerprint density at radius 1 is 1.04 bits per heavy atom. The zero-order chi connectivity index (χ0) is 17.9. The number of hydrogen-bond donors (Lipinski definition) is 0. The van der Waals surface area contributed by atoms with Gasteiger partial charge in [0.1, 0.15) is 11.5 Å². The Kier molecular flexibility index (Phi) is 5.21. The van der Waals surface area contributed by atoms with Gasteiger partial charge >= 0.3 is 0 Å². The number of carbonyl (C=O) groups excluding carboxylic acids is 1. The highest BCUT2D eigenvalue weighted by Gasteiger charge is 2.35. The van der Waals surface area contributed by atoms with E-state index in [1.807, 2.05) is 69.3 Å². The Bertz CT molecular complexity index is 731. The molecule has 0 aliphatic carbocycles. The molecule has 1 heterocycles. The predicted molar refractivity (Wildman–Crippen MR) is 98.5 cm³/mol. The fourth-order valence-corrected chi connectivity index (χ4v) is 3.09. The largest absolute Gasteiger partial charge is 0.457 e. The molecule has 2 aromatic rings. The Labute approximate surface area is 149 Å². The lowest BCUT2D eigenvalue weighted by Crippen LogP contribution is -2.54. The minimum atomic E-state index is -0.540. The number of ketones is 1. The topological polar surface area (TPSA) is 38.8 Å². The predicted octanol–water partition coefficient (Wildman–Crippen LogP) is 4.08. The molecular formula is C21H25NO3. The number of hydrogen-bond acceptors (Lipinski definition) is 4. The van der Waals surface area contributed by atoms with Gasteiger partial charge in [0, 0.05) is 18.7 Å². The van der Waals surface area contributed by atoms with Crippen LogP contribution in [0.5, 0.6) is 11.5 Å². The highest BCUT2D eigenvalue weighted by Crippen LogP contribution is 2.27. The van der Waals surface area contributed by atoms with Crippen molar-refractivity contribution in [3.05, 3.63) is 59.7 Å². The Morgan fingerprint density at radius 2 is 1.68 bits per heavy atom. The normalized spacial score (nSPS) is 15.8. The second-order valence-corrected chi connectivity index (χ2v) is 6.88. The lowest BCUT2D eigenvalue weighted by atomic mass is 9.91. The smallest absolute Gasteiger partial charge is 0.182 e. The molecular weight excluding hydrogens is 314 g/mol. The maximum Gasteiger partial charge on any atom is 0.182 e. The lowest BCUT2D eigenvalue weighted by molar-refractivity contribution is -0.00429. The average Bonchev–Trinajstić information content (AvgIpc) is 2.64. The van der Waals surface area contributed by atoms with Gasteiger partial charge in [-0.15, -0.1) is 0 Å². The number of Topliss-reactive ketones (excluding diaryl/α,β-unsaturated/α-hetero) is 1. The van der Waals surface area contributed by atoms with Gasteiger partial charge in [0.15, 0.2) is 5.78 Å². The third kappa shape index (κ3) is 3.91. The Balaban J connectivity index is 1.73. The van der Waals surface area contributed by atoms with Gasteiger partial charge in [-0.3, -0.25) is 9.69 Å². The monoisotopic (exact) mass is 339 g/mol. The fraction of sp³-hybridized carbons (Fsp3) is 0.381. The minimum Gasteiger partial charge on any atom is -0.457 e.